The highest BCUT2D eigenvalue weighted by Gasteiger charge is 2.15. The summed E-state index contributed by atoms with van der Waals surface area (Å²) >= 11 is 0. The predicted molar refractivity (Wildman–Crippen MR) is 123 cm³/mol. The molecule has 1 aliphatic rings. The van der Waals surface area contributed by atoms with Crippen LogP contribution in [0, 0.1) is 0 Å². The van der Waals surface area contributed by atoms with Crippen LogP contribution in [0.4, 0.5) is 0 Å². The molecule has 30 heavy (non-hydrogen) atoms. The molecule has 1 aliphatic carbocycles. The summed E-state index contributed by atoms with van der Waals surface area (Å²) in [5.74, 6) is 0.0267. The third kappa shape index (κ3) is 5.50. The van der Waals surface area contributed by atoms with Crippen LogP contribution < -0.4 is 5.32 Å². The van der Waals surface area contributed by atoms with Crippen LogP contribution in [0.5, 0.6) is 0 Å². The van der Waals surface area contributed by atoms with Gasteiger partial charge in [0.15, 0.2) is 0 Å². The molecule has 4 nitrogen and oxygen atoms in total. The van der Waals surface area contributed by atoms with Crippen molar-refractivity contribution in [1.82, 2.24) is 14.7 Å². The average Bonchev–Trinajstić information content (AvgIpc) is 3.20. The average molecular weight is 404 g/mol. The molecule has 0 atom stereocenters. The van der Waals surface area contributed by atoms with Gasteiger partial charge in [-0.25, -0.2) is 4.98 Å². The molecule has 4 rings (SSSR count). The van der Waals surface area contributed by atoms with Crippen LogP contribution in [0.2, 0.25) is 0 Å². The van der Waals surface area contributed by atoms with Gasteiger partial charge in [0.05, 0.1) is 5.69 Å². The molecule has 4 heteroatoms. The van der Waals surface area contributed by atoms with Crippen molar-refractivity contribution in [3.63, 3.8) is 0 Å². The maximum Gasteiger partial charge on any atom is 0.251 e. The summed E-state index contributed by atoms with van der Waals surface area (Å²) in [6, 6.07) is 14.2. The van der Waals surface area contributed by atoms with Gasteiger partial charge in [0.1, 0.15) is 5.65 Å². The smallest absolute Gasteiger partial charge is 0.251 e. The first-order chi connectivity index (χ1) is 14.8. The number of amides is 1. The molecule has 1 amide bonds. The Hall–Kier alpha value is -2.62. The van der Waals surface area contributed by atoms with Crippen LogP contribution in [-0.2, 0) is 0 Å². The zero-order valence-electron chi connectivity index (χ0n) is 17.9. The molecular formula is C26H33N3O. The van der Waals surface area contributed by atoms with E-state index in [9.17, 15) is 4.79 Å². The van der Waals surface area contributed by atoms with Gasteiger partial charge in [-0.3, -0.25) is 4.79 Å². The van der Waals surface area contributed by atoms with Gasteiger partial charge in [-0.15, -0.1) is 0 Å². The third-order valence-electron chi connectivity index (χ3n) is 6.23. The van der Waals surface area contributed by atoms with Gasteiger partial charge in [-0.05, 0) is 25.0 Å². The Labute approximate surface area is 179 Å². The largest absolute Gasteiger partial charge is 0.349 e. The van der Waals surface area contributed by atoms with E-state index >= 15 is 0 Å². The van der Waals surface area contributed by atoms with Crippen LogP contribution in [0.1, 0.15) is 81.0 Å². The van der Waals surface area contributed by atoms with Crippen molar-refractivity contribution in [1.29, 1.82) is 0 Å². The van der Waals surface area contributed by atoms with Crippen molar-refractivity contribution in [2.24, 2.45) is 0 Å². The number of nitrogens with one attached hydrogen (secondary N) is 1. The number of rotatable bonds is 3. The molecule has 1 N–H and O–H groups in total. The minimum absolute atomic E-state index is 0.0267. The fraction of sp³-hybridized carbons (Fsp3) is 0.462. The van der Waals surface area contributed by atoms with E-state index in [4.69, 9.17) is 4.98 Å². The number of hydrogen-bond acceptors (Lipinski definition) is 2. The summed E-state index contributed by atoms with van der Waals surface area (Å²) in [6.07, 6.45) is 17.9. The predicted octanol–water partition coefficient (Wildman–Crippen LogP) is 6.40. The van der Waals surface area contributed by atoms with Gasteiger partial charge in [-0.2, -0.15) is 0 Å². The van der Waals surface area contributed by atoms with Gasteiger partial charge >= 0.3 is 0 Å². The fourth-order valence-corrected chi connectivity index (χ4v) is 4.45. The van der Waals surface area contributed by atoms with Crippen molar-refractivity contribution < 1.29 is 4.79 Å². The van der Waals surface area contributed by atoms with E-state index in [1.807, 2.05) is 47.1 Å². The van der Waals surface area contributed by atoms with E-state index in [1.54, 1.807) is 0 Å². The second-order valence-corrected chi connectivity index (χ2v) is 8.60. The van der Waals surface area contributed by atoms with Crippen LogP contribution in [-0.4, -0.2) is 21.3 Å². The number of carbonyl (C=O) groups excluding carboxylic acids is 1. The number of imidazole rings is 1. The highest BCUT2D eigenvalue weighted by molar-refractivity contribution is 5.95. The van der Waals surface area contributed by atoms with Crippen LogP contribution in [0.3, 0.4) is 0 Å². The summed E-state index contributed by atoms with van der Waals surface area (Å²) in [5.41, 5.74) is 3.51. The quantitative estimate of drug-likeness (QED) is 0.550. The number of aromatic nitrogens is 2. The van der Waals surface area contributed by atoms with Crippen molar-refractivity contribution in [3.8, 4) is 11.3 Å². The summed E-state index contributed by atoms with van der Waals surface area (Å²) in [4.78, 5) is 17.7. The first-order valence-corrected chi connectivity index (χ1v) is 11.6. The monoisotopic (exact) mass is 403 g/mol. The van der Waals surface area contributed by atoms with Crippen molar-refractivity contribution >= 4 is 11.6 Å². The Kier molecular flexibility index (Phi) is 7.17. The Morgan fingerprint density at radius 3 is 2.17 bits per heavy atom. The van der Waals surface area contributed by atoms with Crippen LogP contribution in [0.25, 0.3) is 16.9 Å². The van der Waals surface area contributed by atoms with E-state index in [1.165, 1.54) is 57.8 Å². The molecule has 1 aromatic carbocycles. The molecule has 1 fully saturated rings. The third-order valence-corrected chi connectivity index (χ3v) is 6.23. The van der Waals surface area contributed by atoms with Gasteiger partial charge in [0.25, 0.3) is 5.91 Å². The van der Waals surface area contributed by atoms with Gasteiger partial charge in [0, 0.05) is 29.6 Å². The Balaban J connectivity index is 1.43. The molecule has 0 unspecified atom stereocenters. The standard InChI is InChI=1S/C26H33N3O/c30-26(27-23-15-11-6-4-2-1-3-5-7-12-16-23)22-17-18-29-20-24(28-25(29)19-22)21-13-9-8-10-14-21/h8-10,13-14,17-20,23H,1-7,11-12,15-16H2,(H,27,30). The molecular weight excluding hydrogens is 370 g/mol. The summed E-state index contributed by atoms with van der Waals surface area (Å²) < 4.78 is 1.98. The van der Waals surface area contributed by atoms with Crippen molar-refractivity contribution in [3.05, 3.63) is 60.4 Å². The molecule has 1 saturated carbocycles. The lowest BCUT2D eigenvalue weighted by molar-refractivity contribution is 0.0931. The second-order valence-electron chi connectivity index (χ2n) is 8.60. The molecule has 2 aromatic heterocycles. The number of carbonyl (C=O) groups is 1. The second kappa shape index (κ2) is 10.4. The summed E-state index contributed by atoms with van der Waals surface area (Å²) in [5, 5.41) is 3.31. The maximum atomic E-state index is 13.0. The topological polar surface area (TPSA) is 46.4 Å². The molecule has 0 radical (unpaired) electrons. The van der Waals surface area contributed by atoms with Gasteiger partial charge in [-0.1, -0.05) is 88.1 Å². The van der Waals surface area contributed by atoms with Crippen LogP contribution in [0.15, 0.2) is 54.9 Å². The zero-order valence-corrected chi connectivity index (χ0v) is 17.9. The SMILES string of the molecule is O=C(NC1CCCCCCCCCCC1)c1ccn2cc(-c3ccccc3)nc2c1. The zero-order chi connectivity index (χ0) is 20.6. The number of pyridine rings is 1. The first kappa shape index (κ1) is 20.6. The Morgan fingerprint density at radius 1 is 0.867 bits per heavy atom. The molecule has 0 saturated heterocycles. The van der Waals surface area contributed by atoms with Gasteiger partial charge < -0.3 is 9.72 Å². The highest BCUT2D eigenvalue weighted by Crippen LogP contribution is 2.20. The normalized spacial score (nSPS) is 17.2. The number of fused-ring (bicyclic) bond motifs is 1. The summed E-state index contributed by atoms with van der Waals surface area (Å²) in [7, 11) is 0. The van der Waals surface area contributed by atoms with E-state index in [0.717, 1.165) is 29.7 Å². The van der Waals surface area contributed by atoms with E-state index in [2.05, 4.69) is 17.4 Å². The van der Waals surface area contributed by atoms with Gasteiger partial charge in [0.2, 0.25) is 0 Å². The molecule has 0 aliphatic heterocycles. The molecule has 0 spiro atoms. The lowest BCUT2D eigenvalue weighted by Gasteiger charge is -2.19. The lowest BCUT2D eigenvalue weighted by Crippen LogP contribution is -2.35. The minimum Gasteiger partial charge on any atom is -0.349 e. The molecule has 3 aromatic rings. The molecule has 0 bridgehead atoms. The van der Waals surface area contributed by atoms with E-state index in [-0.39, 0.29) is 11.9 Å². The Bertz CT molecular complexity index is 935. The van der Waals surface area contributed by atoms with Crippen molar-refractivity contribution in [2.45, 2.75) is 76.7 Å². The number of nitrogens with zero attached hydrogens (tertiary/aromatic N) is 2. The molecule has 2 heterocycles. The van der Waals surface area contributed by atoms with E-state index < -0.39 is 0 Å². The number of hydrogen-bond donors (Lipinski definition) is 1. The van der Waals surface area contributed by atoms with Crippen LogP contribution >= 0.6 is 0 Å². The van der Waals surface area contributed by atoms with Crippen molar-refractivity contribution in [2.75, 3.05) is 0 Å². The highest BCUT2D eigenvalue weighted by atomic mass is 16.1. The number of benzene rings is 1. The lowest BCUT2D eigenvalue weighted by atomic mass is 9.97. The molecule has 158 valence electrons. The fourth-order valence-electron chi connectivity index (χ4n) is 4.45. The minimum atomic E-state index is 0.0267. The van der Waals surface area contributed by atoms with E-state index in [0.29, 0.717) is 5.56 Å². The maximum absolute atomic E-state index is 13.0. The first-order valence-electron chi connectivity index (χ1n) is 11.6. The Morgan fingerprint density at radius 2 is 1.50 bits per heavy atom. The summed E-state index contributed by atoms with van der Waals surface area (Å²) in [6.45, 7) is 0.